The Bertz CT molecular complexity index is 1410. The Labute approximate surface area is 356 Å². The summed E-state index contributed by atoms with van der Waals surface area (Å²) in [6, 6.07) is 8.75. The first-order valence-corrected chi connectivity index (χ1v) is 22.3. The lowest BCUT2D eigenvalue weighted by molar-refractivity contribution is -0.143. The molecule has 2 rings (SSSR count). The number of hydrogen-bond acceptors (Lipinski definition) is 5. The van der Waals surface area contributed by atoms with Crippen LogP contribution in [0.2, 0.25) is 0 Å². The van der Waals surface area contributed by atoms with E-state index in [0.29, 0.717) is 12.5 Å². The van der Waals surface area contributed by atoms with Crippen LogP contribution < -0.4 is 5.32 Å². The van der Waals surface area contributed by atoms with Gasteiger partial charge in [0.2, 0.25) is 0 Å². The molecule has 0 aliphatic carbocycles. The van der Waals surface area contributed by atoms with Crippen LogP contribution in [0.4, 0.5) is 13.2 Å². The molecule has 0 bridgehead atoms. The summed E-state index contributed by atoms with van der Waals surface area (Å²) in [5.41, 5.74) is 8.07. The molecule has 0 spiro atoms. The van der Waals surface area contributed by atoms with Gasteiger partial charge in [0.05, 0.1) is 18.4 Å². The molecule has 0 fully saturated rings. The van der Waals surface area contributed by atoms with Crippen molar-refractivity contribution in [1.82, 2.24) is 10.3 Å². The molecule has 57 heavy (non-hydrogen) atoms. The number of halogens is 4. The van der Waals surface area contributed by atoms with E-state index in [2.05, 4.69) is 136 Å². The molecule has 9 heteroatoms. The number of carbonyl (C=O) groups is 1. The summed E-state index contributed by atoms with van der Waals surface area (Å²) in [5.74, 6) is 1.84. The fourth-order valence-corrected chi connectivity index (χ4v) is 6.10. The fraction of sp³-hybridized carbons (Fsp3) is 0.708. The number of alkyl halides is 3. The molecule has 0 saturated heterocycles. The number of esters is 1. The van der Waals surface area contributed by atoms with E-state index in [1.165, 1.54) is 80.0 Å². The lowest BCUT2D eigenvalue weighted by Gasteiger charge is -2.31. The van der Waals surface area contributed by atoms with E-state index in [-0.39, 0.29) is 17.5 Å². The standard InChI is InChI=1S/C30H42BrNO3.C8H19N.C7H16.C3H5F3/c1-10-19(3)28(26-14-23(11-2)17-32-29(26)21(5)34-9)27(16-30(7,8)18-35-22(6)33)25-15-24(31)13-12-20(25)4;1-4-6-9-7-8(3)5-2;1-4-6-7(3)5-2;1-2-3(4,5)6/h12-15,17,19,21H,10-11,16,18H2,1-9H3;8-9H,4-7H2,1-3H3;7H,4-6H2,1-3H3;2H2,1H3/b28-27+;;;. The van der Waals surface area contributed by atoms with Gasteiger partial charge in [-0.05, 0) is 116 Å². The van der Waals surface area contributed by atoms with Gasteiger partial charge in [-0.1, -0.05) is 131 Å². The highest BCUT2D eigenvalue weighted by Gasteiger charge is 2.29. The Balaban J connectivity index is 0. The minimum absolute atomic E-state index is 0.131. The first kappa shape index (κ1) is 56.9. The second kappa shape index (κ2) is 30.8. The predicted octanol–water partition coefficient (Wildman–Crippen LogP) is 15.2. The zero-order valence-electron chi connectivity index (χ0n) is 38.9. The average Bonchev–Trinajstić information content (AvgIpc) is 3.17. The van der Waals surface area contributed by atoms with Gasteiger partial charge in [-0.15, -0.1) is 0 Å². The molecule has 0 saturated carbocycles. The largest absolute Gasteiger partial charge is 0.465 e. The number of nitrogens with one attached hydrogen (secondary N) is 1. The number of aryl methyl sites for hydroxylation is 2. The number of carbonyl (C=O) groups excluding carboxylic acids is 1. The zero-order chi connectivity index (χ0) is 44.4. The van der Waals surface area contributed by atoms with Crippen LogP contribution in [0.3, 0.4) is 0 Å². The maximum Gasteiger partial charge on any atom is 0.388 e. The van der Waals surface area contributed by atoms with Crippen LogP contribution in [0.1, 0.15) is 182 Å². The quantitative estimate of drug-likeness (QED) is 0.113. The summed E-state index contributed by atoms with van der Waals surface area (Å²) in [6.07, 6.45) is 6.44. The van der Waals surface area contributed by atoms with Gasteiger partial charge in [0.1, 0.15) is 0 Å². The number of methoxy groups -OCH3 is 1. The van der Waals surface area contributed by atoms with Crippen LogP contribution >= 0.6 is 15.9 Å². The highest BCUT2D eigenvalue weighted by molar-refractivity contribution is 9.10. The van der Waals surface area contributed by atoms with Crippen LogP contribution in [0.25, 0.3) is 11.1 Å². The minimum Gasteiger partial charge on any atom is -0.465 e. The maximum atomic E-state index is 11.6. The smallest absolute Gasteiger partial charge is 0.388 e. The van der Waals surface area contributed by atoms with Crippen LogP contribution in [0.15, 0.2) is 34.9 Å². The summed E-state index contributed by atoms with van der Waals surface area (Å²) >= 11 is 3.70. The van der Waals surface area contributed by atoms with Crippen molar-refractivity contribution >= 4 is 33.0 Å². The Morgan fingerprint density at radius 2 is 1.49 bits per heavy atom. The molecule has 2 aromatic rings. The molecule has 1 heterocycles. The van der Waals surface area contributed by atoms with Crippen molar-refractivity contribution in [1.29, 1.82) is 0 Å². The van der Waals surface area contributed by atoms with Crippen molar-refractivity contribution in [3.8, 4) is 0 Å². The molecule has 0 aliphatic rings. The second-order valence-corrected chi connectivity index (χ2v) is 17.2. The lowest BCUT2D eigenvalue weighted by atomic mass is 9.76. The molecule has 0 radical (unpaired) electrons. The molecule has 1 aromatic carbocycles. The molecule has 4 unspecified atom stereocenters. The summed E-state index contributed by atoms with van der Waals surface area (Å²) in [4.78, 5) is 16.5. The van der Waals surface area contributed by atoms with Gasteiger partial charge < -0.3 is 14.8 Å². The van der Waals surface area contributed by atoms with E-state index in [1.54, 1.807) is 7.11 Å². The Morgan fingerprint density at radius 1 is 0.895 bits per heavy atom. The Morgan fingerprint density at radius 3 is 1.93 bits per heavy atom. The second-order valence-electron chi connectivity index (χ2n) is 16.3. The van der Waals surface area contributed by atoms with Gasteiger partial charge in [-0.2, -0.15) is 13.2 Å². The average molecular weight is 872 g/mol. The van der Waals surface area contributed by atoms with Crippen LogP contribution in [0.5, 0.6) is 0 Å². The van der Waals surface area contributed by atoms with Crippen molar-refractivity contribution in [2.24, 2.45) is 23.2 Å². The number of rotatable bonds is 19. The summed E-state index contributed by atoms with van der Waals surface area (Å²) in [5, 5.41) is 3.39. The predicted molar refractivity (Wildman–Crippen MR) is 243 cm³/mol. The summed E-state index contributed by atoms with van der Waals surface area (Å²) in [7, 11) is 1.73. The van der Waals surface area contributed by atoms with E-state index in [4.69, 9.17) is 14.5 Å². The Hall–Kier alpha value is -2.23. The Kier molecular flexibility index (Phi) is 30.7. The maximum absolute atomic E-state index is 11.6. The van der Waals surface area contributed by atoms with Gasteiger partial charge in [0.25, 0.3) is 0 Å². The third-order valence-corrected chi connectivity index (χ3v) is 10.7. The molecule has 1 aromatic heterocycles. The molecule has 0 aliphatic heterocycles. The third-order valence-electron chi connectivity index (χ3n) is 10.2. The van der Waals surface area contributed by atoms with Gasteiger partial charge in [0, 0.05) is 42.1 Å². The molecule has 0 amide bonds. The number of nitrogens with zero attached hydrogens (tertiary/aromatic N) is 1. The van der Waals surface area contributed by atoms with E-state index < -0.39 is 12.6 Å². The van der Waals surface area contributed by atoms with E-state index in [1.807, 2.05) is 6.20 Å². The highest BCUT2D eigenvalue weighted by atomic mass is 79.9. The first-order valence-electron chi connectivity index (χ1n) is 21.5. The number of benzene rings is 1. The van der Waals surface area contributed by atoms with Crippen molar-refractivity contribution in [2.45, 2.75) is 174 Å². The van der Waals surface area contributed by atoms with E-state index in [9.17, 15) is 18.0 Å². The first-order chi connectivity index (χ1) is 26.6. The SMILES string of the molecule is CCC(F)(F)F.CCCC(C)CC.CCCNCC(C)CC.CCc1cnc(C(C)OC)c(/C(=C(\CC(C)(C)COC(C)=O)c2cc(Br)ccc2C)C(C)CC)c1. The van der Waals surface area contributed by atoms with Gasteiger partial charge >= 0.3 is 12.1 Å². The van der Waals surface area contributed by atoms with Gasteiger partial charge in [-0.3, -0.25) is 9.78 Å². The third kappa shape index (κ3) is 25.1. The molecular formula is C48H82BrF3N2O3. The topological polar surface area (TPSA) is 60.5 Å². The lowest BCUT2D eigenvalue weighted by Crippen LogP contribution is -2.22. The van der Waals surface area contributed by atoms with E-state index >= 15 is 0 Å². The number of pyridine rings is 1. The van der Waals surface area contributed by atoms with Crippen molar-refractivity contribution in [3.63, 3.8) is 0 Å². The summed E-state index contributed by atoms with van der Waals surface area (Å²) in [6.45, 7) is 34.0. The number of aromatic nitrogens is 1. The monoisotopic (exact) mass is 871 g/mol. The van der Waals surface area contributed by atoms with Crippen LogP contribution in [-0.4, -0.2) is 43.9 Å². The van der Waals surface area contributed by atoms with Crippen LogP contribution in [-0.2, 0) is 20.7 Å². The van der Waals surface area contributed by atoms with Gasteiger partial charge in [-0.25, -0.2) is 0 Å². The fourth-order valence-electron chi connectivity index (χ4n) is 5.74. The number of allylic oxidation sites excluding steroid dienone is 2. The molecule has 1 N–H and O–H groups in total. The normalized spacial score (nSPS) is 14.0. The van der Waals surface area contributed by atoms with Crippen molar-refractivity contribution in [2.75, 3.05) is 26.8 Å². The summed E-state index contributed by atoms with van der Waals surface area (Å²) < 4.78 is 44.6. The zero-order valence-corrected chi connectivity index (χ0v) is 40.5. The molecule has 5 nitrogen and oxygen atoms in total. The molecule has 330 valence electrons. The minimum atomic E-state index is -3.96. The van der Waals surface area contributed by atoms with E-state index in [0.717, 1.165) is 53.8 Å². The van der Waals surface area contributed by atoms with Gasteiger partial charge in [0.15, 0.2) is 0 Å². The number of ether oxygens (including phenoxy) is 2. The highest BCUT2D eigenvalue weighted by Crippen LogP contribution is 2.44. The number of hydrogen-bond donors (Lipinski definition) is 1. The van der Waals surface area contributed by atoms with Crippen molar-refractivity contribution < 1.29 is 27.4 Å². The molecular weight excluding hydrogens is 789 g/mol. The van der Waals surface area contributed by atoms with Crippen molar-refractivity contribution in [3.05, 3.63) is 62.9 Å². The van der Waals surface area contributed by atoms with Crippen LogP contribution in [0, 0.1) is 30.1 Å². The molecule has 4 atom stereocenters.